The van der Waals surface area contributed by atoms with Crippen molar-refractivity contribution in [1.29, 1.82) is 0 Å². The van der Waals surface area contributed by atoms with E-state index >= 15 is 0 Å². The third-order valence-electron chi connectivity index (χ3n) is 1.24. The fourth-order valence-electron chi connectivity index (χ4n) is 0.696. The molecule has 0 aliphatic carbocycles. The quantitative estimate of drug-likeness (QED) is 0.379. The van der Waals surface area contributed by atoms with Crippen LogP contribution in [0.3, 0.4) is 0 Å². The van der Waals surface area contributed by atoms with Gasteiger partial charge in [0, 0.05) is 4.47 Å². The summed E-state index contributed by atoms with van der Waals surface area (Å²) in [7, 11) is -4.63. The molecule has 0 radical (unpaired) electrons. The summed E-state index contributed by atoms with van der Waals surface area (Å²) in [6.07, 6.45) is 0. The molecule has 0 heterocycles. The summed E-state index contributed by atoms with van der Waals surface area (Å²) in [5.74, 6) is -0.794. The average Bonchev–Trinajstić information content (AvgIpc) is 1.94. The monoisotopic (exact) mass is 354 g/mol. The van der Waals surface area contributed by atoms with E-state index in [1.54, 1.807) is 0 Å². The van der Waals surface area contributed by atoms with Crippen molar-refractivity contribution >= 4 is 42.0 Å². The van der Waals surface area contributed by atoms with Crippen LogP contribution in [0.2, 0.25) is 0 Å². The molecule has 0 aliphatic rings. The Morgan fingerprint density at radius 2 is 1.71 bits per heavy atom. The first-order chi connectivity index (χ1) is 5.82. The standard InChI is InChI=1S/C6H3Br2FO3S.Na/c7-3-1-4(8)6(2-5(3)9)13(10,11)12;/h1-2H,(H,10,11,12);/q;+1/p-1. The van der Waals surface area contributed by atoms with Crippen LogP contribution in [0.4, 0.5) is 4.39 Å². The molecule has 14 heavy (non-hydrogen) atoms. The van der Waals surface area contributed by atoms with Gasteiger partial charge < -0.3 is 4.55 Å². The van der Waals surface area contributed by atoms with Gasteiger partial charge in [-0.15, -0.1) is 0 Å². The second-order valence-electron chi connectivity index (χ2n) is 2.15. The van der Waals surface area contributed by atoms with E-state index in [9.17, 15) is 17.4 Å². The van der Waals surface area contributed by atoms with E-state index in [1.165, 1.54) is 6.07 Å². The van der Waals surface area contributed by atoms with Crippen molar-refractivity contribution < 1.29 is 46.9 Å². The Bertz CT molecular complexity index is 449. The van der Waals surface area contributed by atoms with Crippen LogP contribution in [0.15, 0.2) is 26.0 Å². The van der Waals surface area contributed by atoms with Gasteiger partial charge >= 0.3 is 29.6 Å². The van der Waals surface area contributed by atoms with Crippen molar-refractivity contribution in [2.75, 3.05) is 0 Å². The molecule has 0 spiro atoms. The summed E-state index contributed by atoms with van der Waals surface area (Å²) in [4.78, 5) is -0.604. The molecule has 0 bridgehead atoms. The Labute approximate surface area is 119 Å². The SMILES string of the molecule is O=S(=O)([O-])c1cc(F)c(Br)cc1Br.[Na+]. The van der Waals surface area contributed by atoms with Gasteiger partial charge in [-0.05, 0) is 44.0 Å². The molecule has 72 valence electrons. The normalized spacial score (nSPS) is 10.9. The van der Waals surface area contributed by atoms with E-state index < -0.39 is 20.8 Å². The van der Waals surface area contributed by atoms with Crippen LogP contribution < -0.4 is 29.6 Å². The van der Waals surface area contributed by atoms with E-state index in [0.717, 1.165) is 0 Å². The molecular weight excluding hydrogens is 354 g/mol. The Morgan fingerprint density at radius 1 is 1.21 bits per heavy atom. The molecule has 0 saturated carbocycles. The summed E-state index contributed by atoms with van der Waals surface area (Å²) in [6, 6.07) is 1.83. The molecule has 0 saturated heterocycles. The third kappa shape index (κ3) is 3.55. The van der Waals surface area contributed by atoms with Crippen LogP contribution in [0.5, 0.6) is 0 Å². The maximum absolute atomic E-state index is 12.8. The van der Waals surface area contributed by atoms with Crippen LogP contribution in [0.1, 0.15) is 0 Å². The summed E-state index contributed by atoms with van der Waals surface area (Å²) in [5.41, 5.74) is 0. The maximum Gasteiger partial charge on any atom is 1.00 e. The van der Waals surface area contributed by atoms with Gasteiger partial charge in [-0.1, -0.05) is 0 Å². The molecule has 0 unspecified atom stereocenters. The minimum atomic E-state index is -4.63. The number of halogens is 3. The van der Waals surface area contributed by atoms with Crippen molar-refractivity contribution in [1.82, 2.24) is 0 Å². The predicted octanol–water partition coefficient (Wildman–Crippen LogP) is -0.741. The van der Waals surface area contributed by atoms with Gasteiger partial charge in [0.05, 0.1) is 9.37 Å². The van der Waals surface area contributed by atoms with E-state index in [1.807, 2.05) is 0 Å². The summed E-state index contributed by atoms with van der Waals surface area (Å²) >= 11 is 5.69. The van der Waals surface area contributed by atoms with Crippen LogP contribution in [-0.4, -0.2) is 13.0 Å². The molecule has 0 aliphatic heterocycles. The number of hydrogen-bond donors (Lipinski definition) is 0. The van der Waals surface area contributed by atoms with Crippen LogP contribution >= 0.6 is 31.9 Å². The number of hydrogen-bond acceptors (Lipinski definition) is 3. The van der Waals surface area contributed by atoms with Crippen LogP contribution in [-0.2, 0) is 10.1 Å². The first-order valence-electron chi connectivity index (χ1n) is 2.93. The third-order valence-corrected chi connectivity index (χ3v) is 3.65. The Hall–Kier alpha value is 1.02. The van der Waals surface area contributed by atoms with E-state index in [0.29, 0.717) is 6.07 Å². The van der Waals surface area contributed by atoms with E-state index in [4.69, 9.17) is 0 Å². The van der Waals surface area contributed by atoms with Crippen molar-refractivity contribution in [3.63, 3.8) is 0 Å². The zero-order valence-electron chi connectivity index (χ0n) is 6.92. The largest absolute Gasteiger partial charge is 1.00 e. The zero-order chi connectivity index (χ0) is 10.2. The van der Waals surface area contributed by atoms with Gasteiger partial charge in [-0.2, -0.15) is 0 Å². The molecule has 8 heteroatoms. The first-order valence-corrected chi connectivity index (χ1v) is 5.92. The van der Waals surface area contributed by atoms with Gasteiger partial charge in [0.15, 0.2) is 0 Å². The average molecular weight is 356 g/mol. The van der Waals surface area contributed by atoms with Gasteiger partial charge in [-0.25, -0.2) is 12.8 Å². The van der Waals surface area contributed by atoms with Crippen molar-refractivity contribution in [3.05, 3.63) is 26.9 Å². The first kappa shape index (κ1) is 15.0. The minimum absolute atomic E-state index is 0. The summed E-state index contributed by atoms with van der Waals surface area (Å²) in [5, 5.41) is 0. The zero-order valence-corrected chi connectivity index (χ0v) is 12.9. The number of benzene rings is 1. The molecule has 1 rings (SSSR count). The maximum atomic E-state index is 12.8. The Balaban J connectivity index is 0.00000169. The van der Waals surface area contributed by atoms with Crippen LogP contribution in [0, 0.1) is 5.82 Å². The molecule has 1 aromatic carbocycles. The molecule has 0 N–H and O–H groups in total. The summed E-state index contributed by atoms with van der Waals surface area (Å²) in [6.45, 7) is 0. The van der Waals surface area contributed by atoms with Gasteiger partial charge in [0.25, 0.3) is 0 Å². The number of rotatable bonds is 1. The predicted molar refractivity (Wildman–Crippen MR) is 49.8 cm³/mol. The van der Waals surface area contributed by atoms with Crippen molar-refractivity contribution in [2.24, 2.45) is 0 Å². The second-order valence-corrected chi connectivity index (χ2v) is 5.21. The minimum Gasteiger partial charge on any atom is -0.744 e. The molecule has 0 fully saturated rings. The van der Waals surface area contributed by atoms with E-state index in [-0.39, 0.29) is 38.5 Å². The molecule has 0 amide bonds. The van der Waals surface area contributed by atoms with Gasteiger partial charge in [0.2, 0.25) is 0 Å². The fraction of sp³-hybridized carbons (Fsp3) is 0. The summed E-state index contributed by atoms with van der Waals surface area (Å²) < 4.78 is 44.6. The molecule has 0 atom stereocenters. The molecular formula is C6H2Br2FNaO3S. The van der Waals surface area contributed by atoms with Crippen molar-refractivity contribution in [3.8, 4) is 0 Å². The Morgan fingerprint density at radius 3 is 2.14 bits per heavy atom. The Kier molecular flexibility index (Phi) is 5.77. The van der Waals surface area contributed by atoms with E-state index in [2.05, 4.69) is 31.9 Å². The fourth-order valence-corrected chi connectivity index (χ4v) is 2.83. The molecule has 0 aromatic heterocycles. The topological polar surface area (TPSA) is 57.2 Å². The van der Waals surface area contributed by atoms with Gasteiger partial charge in [0.1, 0.15) is 15.9 Å². The van der Waals surface area contributed by atoms with Gasteiger partial charge in [-0.3, -0.25) is 0 Å². The smallest absolute Gasteiger partial charge is 0.744 e. The van der Waals surface area contributed by atoms with Crippen LogP contribution in [0.25, 0.3) is 0 Å². The molecule has 3 nitrogen and oxygen atoms in total. The second kappa shape index (κ2) is 5.38. The molecule has 1 aromatic rings. The van der Waals surface area contributed by atoms with Crippen molar-refractivity contribution in [2.45, 2.75) is 4.90 Å².